The van der Waals surface area contributed by atoms with E-state index in [0.29, 0.717) is 6.54 Å². The molecule has 3 nitrogen and oxygen atoms in total. The van der Waals surface area contributed by atoms with Crippen LogP contribution in [0.4, 0.5) is 0 Å². The quantitative estimate of drug-likeness (QED) is 0.851. The van der Waals surface area contributed by atoms with Crippen molar-refractivity contribution < 1.29 is 5.11 Å². The lowest BCUT2D eigenvalue weighted by molar-refractivity contribution is 0.0794. The molecule has 4 heteroatoms. The standard InChI is InChI=1S/C12H22N2OS/c1-11(2,3)10-14-9(7-16-10)6-13-8-12(4,5)15/h7,13,15H,6,8H2,1-5H3. The summed E-state index contributed by atoms with van der Waals surface area (Å²) in [6, 6.07) is 0. The van der Waals surface area contributed by atoms with Gasteiger partial charge in [0.05, 0.1) is 16.3 Å². The Kier molecular flexibility index (Phi) is 4.10. The smallest absolute Gasteiger partial charge is 0.0982 e. The zero-order valence-electron chi connectivity index (χ0n) is 10.8. The van der Waals surface area contributed by atoms with Crippen LogP contribution in [0, 0.1) is 0 Å². The first-order valence-corrected chi connectivity index (χ1v) is 6.44. The molecule has 1 aromatic rings. The molecule has 0 aliphatic carbocycles. The largest absolute Gasteiger partial charge is 0.389 e. The minimum absolute atomic E-state index is 0.124. The Labute approximate surface area is 102 Å². The van der Waals surface area contributed by atoms with Crippen molar-refractivity contribution in [2.45, 2.75) is 52.2 Å². The Bertz CT molecular complexity index is 334. The first kappa shape index (κ1) is 13.6. The maximum atomic E-state index is 9.55. The van der Waals surface area contributed by atoms with Crippen LogP contribution in [0.2, 0.25) is 0 Å². The van der Waals surface area contributed by atoms with Crippen LogP contribution in [0.3, 0.4) is 0 Å². The Morgan fingerprint density at radius 3 is 2.38 bits per heavy atom. The van der Waals surface area contributed by atoms with Crippen molar-refractivity contribution >= 4 is 11.3 Å². The molecule has 1 aromatic heterocycles. The van der Waals surface area contributed by atoms with Gasteiger partial charge in [-0.3, -0.25) is 0 Å². The monoisotopic (exact) mass is 242 g/mol. The van der Waals surface area contributed by atoms with Gasteiger partial charge in [-0.05, 0) is 13.8 Å². The number of nitrogens with one attached hydrogen (secondary N) is 1. The molecule has 92 valence electrons. The fraction of sp³-hybridized carbons (Fsp3) is 0.750. The average Bonchev–Trinajstić information content (AvgIpc) is 2.49. The van der Waals surface area contributed by atoms with E-state index in [4.69, 9.17) is 0 Å². The summed E-state index contributed by atoms with van der Waals surface area (Å²) >= 11 is 1.70. The normalized spacial score (nSPS) is 13.1. The molecular formula is C12H22N2OS. The van der Waals surface area contributed by atoms with E-state index in [2.05, 4.69) is 36.5 Å². The SMILES string of the molecule is CC(C)(O)CNCc1csc(C(C)(C)C)n1. The van der Waals surface area contributed by atoms with Gasteiger partial charge in [0.25, 0.3) is 0 Å². The molecule has 1 heterocycles. The van der Waals surface area contributed by atoms with Crippen LogP contribution in [0.15, 0.2) is 5.38 Å². The maximum absolute atomic E-state index is 9.55. The van der Waals surface area contributed by atoms with Gasteiger partial charge in [0, 0.05) is 23.9 Å². The number of aliphatic hydroxyl groups is 1. The molecule has 0 spiro atoms. The Morgan fingerprint density at radius 1 is 1.31 bits per heavy atom. The summed E-state index contributed by atoms with van der Waals surface area (Å²) in [7, 11) is 0. The summed E-state index contributed by atoms with van der Waals surface area (Å²) < 4.78 is 0. The minimum Gasteiger partial charge on any atom is -0.389 e. The van der Waals surface area contributed by atoms with Gasteiger partial charge < -0.3 is 10.4 Å². The molecule has 2 N–H and O–H groups in total. The predicted molar refractivity (Wildman–Crippen MR) is 68.8 cm³/mol. The second kappa shape index (κ2) is 4.82. The summed E-state index contributed by atoms with van der Waals surface area (Å²) in [4.78, 5) is 4.58. The van der Waals surface area contributed by atoms with E-state index < -0.39 is 5.60 Å². The second-order valence-electron chi connectivity index (χ2n) is 5.81. The summed E-state index contributed by atoms with van der Waals surface area (Å²) in [6.07, 6.45) is 0. The highest BCUT2D eigenvalue weighted by atomic mass is 32.1. The number of nitrogens with zero attached hydrogens (tertiary/aromatic N) is 1. The molecule has 0 saturated heterocycles. The summed E-state index contributed by atoms with van der Waals surface area (Å²) in [5.41, 5.74) is 0.515. The van der Waals surface area contributed by atoms with Gasteiger partial charge in [0.15, 0.2) is 0 Å². The lowest BCUT2D eigenvalue weighted by atomic mass is 9.98. The van der Waals surface area contributed by atoms with Crippen molar-refractivity contribution in [2.24, 2.45) is 0 Å². The Balaban J connectivity index is 2.48. The molecule has 1 rings (SSSR count). The molecule has 0 amide bonds. The van der Waals surface area contributed by atoms with Crippen molar-refractivity contribution in [3.8, 4) is 0 Å². The van der Waals surface area contributed by atoms with Gasteiger partial charge in [0.2, 0.25) is 0 Å². The number of hydrogen-bond donors (Lipinski definition) is 2. The van der Waals surface area contributed by atoms with Crippen molar-refractivity contribution in [1.82, 2.24) is 10.3 Å². The highest BCUT2D eigenvalue weighted by Gasteiger charge is 2.18. The zero-order chi connectivity index (χ0) is 12.4. The lowest BCUT2D eigenvalue weighted by Crippen LogP contribution is -2.34. The third kappa shape index (κ3) is 4.60. The number of hydrogen-bond acceptors (Lipinski definition) is 4. The second-order valence-corrected chi connectivity index (χ2v) is 6.67. The van der Waals surface area contributed by atoms with Crippen LogP contribution < -0.4 is 5.32 Å². The lowest BCUT2D eigenvalue weighted by Gasteiger charge is -2.17. The van der Waals surface area contributed by atoms with E-state index in [1.807, 2.05) is 0 Å². The van der Waals surface area contributed by atoms with E-state index in [0.717, 1.165) is 17.2 Å². The third-order valence-corrected chi connectivity index (χ3v) is 3.37. The van der Waals surface area contributed by atoms with E-state index in [-0.39, 0.29) is 5.41 Å². The molecular weight excluding hydrogens is 220 g/mol. The van der Waals surface area contributed by atoms with Crippen LogP contribution in [-0.2, 0) is 12.0 Å². The van der Waals surface area contributed by atoms with Gasteiger partial charge >= 0.3 is 0 Å². The molecule has 0 bridgehead atoms. The van der Waals surface area contributed by atoms with Crippen molar-refractivity contribution in [3.05, 3.63) is 16.1 Å². The van der Waals surface area contributed by atoms with Crippen LogP contribution in [-0.4, -0.2) is 22.2 Å². The number of rotatable bonds is 4. The highest BCUT2D eigenvalue weighted by Crippen LogP contribution is 2.25. The molecule has 0 aliphatic heterocycles. The van der Waals surface area contributed by atoms with Gasteiger partial charge in [-0.15, -0.1) is 11.3 Å². The molecule has 0 aliphatic rings. The van der Waals surface area contributed by atoms with Gasteiger partial charge in [0.1, 0.15) is 0 Å². The first-order chi connectivity index (χ1) is 7.18. The predicted octanol–water partition coefficient (Wildman–Crippen LogP) is 2.30. The molecule has 0 saturated carbocycles. The minimum atomic E-state index is -0.664. The Morgan fingerprint density at radius 2 is 1.94 bits per heavy atom. The third-order valence-electron chi connectivity index (χ3n) is 2.06. The Hall–Kier alpha value is -0.450. The first-order valence-electron chi connectivity index (χ1n) is 5.56. The number of thiazole rings is 1. The maximum Gasteiger partial charge on any atom is 0.0982 e. The molecule has 0 fully saturated rings. The zero-order valence-corrected chi connectivity index (χ0v) is 11.6. The van der Waals surface area contributed by atoms with E-state index in [1.54, 1.807) is 25.2 Å². The van der Waals surface area contributed by atoms with E-state index in [9.17, 15) is 5.11 Å². The van der Waals surface area contributed by atoms with Crippen molar-refractivity contribution in [1.29, 1.82) is 0 Å². The van der Waals surface area contributed by atoms with Gasteiger partial charge in [-0.1, -0.05) is 20.8 Å². The fourth-order valence-electron chi connectivity index (χ4n) is 1.23. The summed E-state index contributed by atoms with van der Waals surface area (Å²) in [5, 5.41) is 16.0. The van der Waals surface area contributed by atoms with Crippen molar-refractivity contribution in [3.63, 3.8) is 0 Å². The average molecular weight is 242 g/mol. The van der Waals surface area contributed by atoms with Gasteiger partial charge in [-0.2, -0.15) is 0 Å². The fourth-order valence-corrected chi connectivity index (χ4v) is 2.14. The topological polar surface area (TPSA) is 45.1 Å². The highest BCUT2D eigenvalue weighted by molar-refractivity contribution is 7.09. The van der Waals surface area contributed by atoms with Crippen molar-refractivity contribution in [2.75, 3.05) is 6.54 Å². The van der Waals surface area contributed by atoms with E-state index >= 15 is 0 Å². The van der Waals surface area contributed by atoms with E-state index in [1.165, 1.54) is 0 Å². The number of aromatic nitrogens is 1. The summed E-state index contributed by atoms with van der Waals surface area (Å²) in [5.74, 6) is 0. The molecule has 0 atom stereocenters. The van der Waals surface area contributed by atoms with Crippen LogP contribution >= 0.6 is 11.3 Å². The molecule has 0 unspecified atom stereocenters. The van der Waals surface area contributed by atoms with Gasteiger partial charge in [-0.25, -0.2) is 4.98 Å². The van der Waals surface area contributed by atoms with Crippen LogP contribution in [0.25, 0.3) is 0 Å². The van der Waals surface area contributed by atoms with Crippen LogP contribution in [0.1, 0.15) is 45.3 Å². The molecule has 0 aromatic carbocycles. The molecule has 16 heavy (non-hydrogen) atoms. The molecule has 0 radical (unpaired) electrons. The summed E-state index contributed by atoms with van der Waals surface area (Å²) in [6.45, 7) is 11.4. The van der Waals surface area contributed by atoms with Crippen LogP contribution in [0.5, 0.6) is 0 Å².